The molecule has 2 heterocycles. The largest absolute Gasteiger partial charge is 0.350 e. The highest BCUT2D eigenvalue weighted by Crippen LogP contribution is 2.26. The summed E-state index contributed by atoms with van der Waals surface area (Å²) in [6.07, 6.45) is 1.84. The number of thiophene rings is 1. The summed E-state index contributed by atoms with van der Waals surface area (Å²) in [6.45, 7) is 12.3. The van der Waals surface area contributed by atoms with Crippen molar-refractivity contribution in [3.05, 3.63) is 41.4 Å². The standard InChI is InChI=1S/C17H20N4S.C2H6/c1-11-10-18-16(21-17(2,3)4)20-15(11)19-13-5-6-14-12(9-13)7-8-22-14;1-2/h5-10H,1-4H3,(H2,18,19,20,21);1-2H3. The van der Waals surface area contributed by atoms with E-state index in [4.69, 9.17) is 0 Å². The monoisotopic (exact) mass is 342 g/mol. The lowest BCUT2D eigenvalue weighted by molar-refractivity contribution is 0.626. The molecule has 0 bridgehead atoms. The predicted octanol–water partition coefficient (Wildman–Crippen LogP) is 5.98. The van der Waals surface area contributed by atoms with Crippen molar-refractivity contribution in [3.63, 3.8) is 0 Å². The third kappa shape index (κ3) is 4.68. The molecule has 1 aromatic carbocycles. The summed E-state index contributed by atoms with van der Waals surface area (Å²) in [5.74, 6) is 1.47. The number of nitrogens with one attached hydrogen (secondary N) is 2. The van der Waals surface area contributed by atoms with Crippen LogP contribution in [0.1, 0.15) is 40.2 Å². The van der Waals surface area contributed by atoms with Crippen LogP contribution in [-0.2, 0) is 0 Å². The van der Waals surface area contributed by atoms with Gasteiger partial charge in [0.25, 0.3) is 0 Å². The highest BCUT2D eigenvalue weighted by atomic mass is 32.1. The minimum Gasteiger partial charge on any atom is -0.350 e. The molecule has 0 amide bonds. The Morgan fingerprint density at radius 3 is 2.54 bits per heavy atom. The van der Waals surface area contributed by atoms with Crippen LogP contribution in [-0.4, -0.2) is 15.5 Å². The Hall–Kier alpha value is -2.14. The first-order valence-corrected chi connectivity index (χ1v) is 9.15. The Morgan fingerprint density at radius 2 is 1.83 bits per heavy atom. The molecule has 0 unspecified atom stereocenters. The van der Waals surface area contributed by atoms with Crippen molar-refractivity contribution >= 4 is 38.9 Å². The zero-order chi connectivity index (χ0) is 17.7. The smallest absolute Gasteiger partial charge is 0.225 e. The van der Waals surface area contributed by atoms with Gasteiger partial charge in [-0.2, -0.15) is 4.98 Å². The van der Waals surface area contributed by atoms with Crippen LogP contribution in [0.5, 0.6) is 0 Å². The Morgan fingerprint density at radius 1 is 1.08 bits per heavy atom. The van der Waals surface area contributed by atoms with Crippen molar-refractivity contribution in [1.82, 2.24) is 9.97 Å². The molecule has 128 valence electrons. The quantitative estimate of drug-likeness (QED) is 0.615. The number of aromatic nitrogens is 2. The summed E-state index contributed by atoms with van der Waals surface area (Å²) in [7, 11) is 0. The van der Waals surface area contributed by atoms with Crippen molar-refractivity contribution in [2.45, 2.75) is 47.1 Å². The lowest BCUT2D eigenvalue weighted by atomic mass is 10.1. The van der Waals surface area contributed by atoms with E-state index in [-0.39, 0.29) is 5.54 Å². The molecular weight excluding hydrogens is 316 g/mol. The van der Waals surface area contributed by atoms with Gasteiger partial charge < -0.3 is 10.6 Å². The molecule has 3 rings (SSSR count). The lowest BCUT2D eigenvalue weighted by Gasteiger charge is -2.21. The Balaban J connectivity index is 0.00000100. The number of hydrogen-bond donors (Lipinski definition) is 2. The predicted molar refractivity (Wildman–Crippen MR) is 107 cm³/mol. The van der Waals surface area contributed by atoms with Gasteiger partial charge in [0, 0.05) is 27.7 Å². The summed E-state index contributed by atoms with van der Waals surface area (Å²) < 4.78 is 1.29. The van der Waals surface area contributed by atoms with Gasteiger partial charge in [-0.05, 0) is 62.7 Å². The summed E-state index contributed by atoms with van der Waals surface area (Å²) >= 11 is 1.75. The molecule has 3 aromatic rings. The maximum Gasteiger partial charge on any atom is 0.225 e. The van der Waals surface area contributed by atoms with E-state index in [2.05, 4.69) is 71.0 Å². The zero-order valence-electron chi connectivity index (χ0n) is 15.3. The van der Waals surface area contributed by atoms with Crippen LogP contribution in [0.15, 0.2) is 35.8 Å². The van der Waals surface area contributed by atoms with E-state index in [1.807, 2.05) is 27.0 Å². The molecular formula is C19H26N4S. The third-order valence-corrected chi connectivity index (χ3v) is 4.07. The second kappa shape index (κ2) is 7.62. The number of benzene rings is 1. The van der Waals surface area contributed by atoms with E-state index in [9.17, 15) is 0 Å². The van der Waals surface area contributed by atoms with Crippen molar-refractivity contribution < 1.29 is 0 Å². The number of fused-ring (bicyclic) bond motifs is 1. The molecule has 0 radical (unpaired) electrons. The minimum atomic E-state index is -0.0673. The Kier molecular flexibility index (Phi) is 5.78. The normalized spacial score (nSPS) is 10.9. The zero-order valence-corrected chi connectivity index (χ0v) is 16.1. The van der Waals surface area contributed by atoms with E-state index >= 15 is 0 Å². The van der Waals surface area contributed by atoms with Crippen LogP contribution in [0.3, 0.4) is 0 Å². The van der Waals surface area contributed by atoms with Crippen LogP contribution in [0.25, 0.3) is 10.1 Å². The summed E-state index contributed by atoms with van der Waals surface area (Å²) in [4.78, 5) is 8.94. The van der Waals surface area contributed by atoms with E-state index in [1.165, 1.54) is 10.1 Å². The lowest BCUT2D eigenvalue weighted by Crippen LogP contribution is -2.27. The molecule has 0 fully saturated rings. The van der Waals surface area contributed by atoms with Gasteiger partial charge in [0.2, 0.25) is 5.95 Å². The first-order valence-electron chi connectivity index (χ1n) is 8.27. The molecule has 2 aromatic heterocycles. The van der Waals surface area contributed by atoms with Gasteiger partial charge in [-0.3, -0.25) is 0 Å². The fraction of sp³-hybridized carbons (Fsp3) is 0.368. The highest BCUT2D eigenvalue weighted by molar-refractivity contribution is 7.17. The van der Waals surface area contributed by atoms with E-state index in [1.54, 1.807) is 11.3 Å². The van der Waals surface area contributed by atoms with E-state index in [0.29, 0.717) is 5.95 Å². The number of nitrogens with zero attached hydrogens (tertiary/aromatic N) is 2. The van der Waals surface area contributed by atoms with Gasteiger partial charge >= 0.3 is 0 Å². The molecule has 2 N–H and O–H groups in total. The highest BCUT2D eigenvalue weighted by Gasteiger charge is 2.12. The van der Waals surface area contributed by atoms with Gasteiger partial charge in [-0.15, -0.1) is 11.3 Å². The maximum absolute atomic E-state index is 4.59. The Bertz CT molecular complexity index is 802. The second-order valence-electron chi connectivity index (χ2n) is 6.40. The number of anilines is 3. The molecule has 0 saturated heterocycles. The number of aryl methyl sites for hydroxylation is 1. The van der Waals surface area contributed by atoms with Gasteiger partial charge in [0.05, 0.1) is 0 Å². The summed E-state index contributed by atoms with van der Waals surface area (Å²) in [5, 5.41) is 10.0. The van der Waals surface area contributed by atoms with Crippen molar-refractivity contribution in [2.75, 3.05) is 10.6 Å². The first-order chi connectivity index (χ1) is 11.4. The van der Waals surface area contributed by atoms with Crippen molar-refractivity contribution in [2.24, 2.45) is 0 Å². The topological polar surface area (TPSA) is 49.8 Å². The van der Waals surface area contributed by atoms with E-state index < -0.39 is 0 Å². The molecule has 4 nitrogen and oxygen atoms in total. The van der Waals surface area contributed by atoms with Gasteiger partial charge in [0.15, 0.2) is 0 Å². The molecule has 0 aliphatic carbocycles. The molecule has 0 aliphatic rings. The molecule has 5 heteroatoms. The molecule has 0 aliphatic heterocycles. The Labute approximate surface area is 148 Å². The summed E-state index contributed by atoms with van der Waals surface area (Å²) in [5.41, 5.74) is 1.99. The average Bonchev–Trinajstić information content (AvgIpc) is 2.99. The van der Waals surface area contributed by atoms with Crippen LogP contribution >= 0.6 is 11.3 Å². The average molecular weight is 343 g/mol. The number of rotatable bonds is 3. The fourth-order valence-corrected chi connectivity index (χ4v) is 2.92. The molecule has 0 spiro atoms. The molecule has 0 saturated carbocycles. The van der Waals surface area contributed by atoms with Crippen LogP contribution in [0, 0.1) is 6.92 Å². The molecule has 24 heavy (non-hydrogen) atoms. The fourth-order valence-electron chi connectivity index (χ4n) is 2.15. The van der Waals surface area contributed by atoms with E-state index in [0.717, 1.165) is 17.1 Å². The van der Waals surface area contributed by atoms with Crippen LogP contribution < -0.4 is 10.6 Å². The SMILES string of the molecule is CC.Cc1cnc(NC(C)(C)C)nc1Nc1ccc2sccc2c1. The van der Waals surface area contributed by atoms with Gasteiger partial charge in [-0.1, -0.05) is 13.8 Å². The van der Waals surface area contributed by atoms with Crippen molar-refractivity contribution in [1.29, 1.82) is 0 Å². The van der Waals surface area contributed by atoms with Crippen molar-refractivity contribution in [3.8, 4) is 0 Å². The maximum atomic E-state index is 4.59. The first kappa shape index (κ1) is 18.2. The molecule has 0 atom stereocenters. The van der Waals surface area contributed by atoms with Crippen LogP contribution in [0.2, 0.25) is 0 Å². The number of hydrogen-bond acceptors (Lipinski definition) is 5. The van der Waals surface area contributed by atoms with Crippen LogP contribution in [0.4, 0.5) is 17.5 Å². The van der Waals surface area contributed by atoms with Gasteiger partial charge in [-0.25, -0.2) is 4.98 Å². The second-order valence-corrected chi connectivity index (χ2v) is 7.35. The third-order valence-electron chi connectivity index (χ3n) is 3.17. The summed E-state index contributed by atoms with van der Waals surface area (Å²) in [6, 6.07) is 8.49. The van der Waals surface area contributed by atoms with Gasteiger partial charge in [0.1, 0.15) is 5.82 Å². The minimum absolute atomic E-state index is 0.0673.